The number of benzene rings is 2. The Balaban J connectivity index is 2.69. The number of rotatable bonds is 2. The molecule has 0 aromatic heterocycles. The van der Waals surface area contributed by atoms with E-state index in [4.69, 9.17) is 0 Å². The lowest BCUT2D eigenvalue weighted by atomic mass is 10.0. The topological polar surface area (TPSA) is 0 Å². The Bertz CT molecular complexity index is 688. The highest BCUT2D eigenvalue weighted by Crippen LogP contribution is 2.40. The van der Waals surface area contributed by atoms with E-state index in [1.165, 1.54) is 6.07 Å². The van der Waals surface area contributed by atoms with E-state index in [2.05, 4.69) is 47.8 Å². The molecule has 1 atom stereocenters. The Labute approximate surface area is 141 Å². The first kappa shape index (κ1) is 16.9. The number of hydrogen-bond donors (Lipinski definition) is 0. The first-order valence-corrected chi connectivity index (χ1v) is 7.86. The highest BCUT2D eigenvalue weighted by atomic mass is 79.9. The molecule has 0 fully saturated rings. The van der Waals surface area contributed by atoms with Crippen LogP contribution in [0.3, 0.4) is 0 Å². The summed E-state index contributed by atoms with van der Waals surface area (Å²) in [6, 6.07) is 4.74. The second-order valence-electron chi connectivity index (χ2n) is 4.01. The molecule has 0 N–H and O–H groups in total. The van der Waals surface area contributed by atoms with Crippen LogP contribution in [0, 0.1) is 29.1 Å². The number of hydrogen-bond acceptors (Lipinski definition) is 0. The van der Waals surface area contributed by atoms with E-state index in [0.29, 0.717) is 14.5 Å². The third kappa shape index (κ3) is 3.03. The maximum Gasteiger partial charge on any atom is 0.200 e. The molecule has 0 aliphatic rings. The molecule has 112 valence electrons. The fourth-order valence-electron chi connectivity index (χ4n) is 1.71. The Morgan fingerprint density at radius 2 is 1.24 bits per heavy atom. The van der Waals surface area contributed by atoms with Gasteiger partial charge in [-0.05, 0) is 23.8 Å². The standard InChI is InChI=1S/C13H4Br3F5/c14-4-1-2-6(15)5(3-4)8(16)7-9(17)11(19)13(21)12(20)10(7)18/h1-3,8H. The van der Waals surface area contributed by atoms with Crippen LogP contribution in [-0.4, -0.2) is 0 Å². The van der Waals surface area contributed by atoms with Crippen molar-refractivity contribution in [2.45, 2.75) is 4.83 Å². The van der Waals surface area contributed by atoms with Gasteiger partial charge in [0.2, 0.25) is 5.82 Å². The van der Waals surface area contributed by atoms with Gasteiger partial charge in [0.25, 0.3) is 0 Å². The molecule has 0 radical (unpaired) electrons. The average molecular weight is 495 g/mol. The Morgan fingerprint density at radius 1 is 0.762 bits per heavy atom. The summed E-state index contributed by atoms with van der Waals surface area (Å²) in [6.07, 6.45) is 0. The molecule has 1 unspecified atom stereocenters. The average Bonchev–Trinajstić information content (AvgIpc) is 2.45. The van der Waals surface area contributed by atoms with Crippen molar-refractivity contribution in [1.82, 2.24) is 0 Å². The molecule has 0 aliphatic carbocycles. The Hall–Kier alpha value is -0.470. The third-order valence-corrected chi connectivity index (χ3v) is 4.89. The zero-order valence-corrected chi connectivity index (χ0v) is 14.6. The molecular weight excluding hydrogens is 491 g/mol. The number of halogens is 8. The monoisotopic (exact) mass is 492 g/mol. The molecule has 2 aromatic rings. The van der Waals surface area contributed by atoms with E-state index in [9.17, 15) is 22.0 Å². The number of alkyl halides is 1. The highest BCUT2D eigenvalue weighted by molar-refractivity contribution is 9.11. The molecule has 0 heterocycles. The van der Waals surface area contributed by atoms with E-state index in [1.807, 2.05) is 0 Å². The molecular formula is C13H4Br3F5. The minimum atomic E-state index is -2.18. The second-order valence-corrected chi connectivity index (χ2v) is 6.70. The van der Waals surface area contributed by atoms with Gasteiger partial charge in [-0.1, -0.05) is 47.8 Å². The largest absolute Gasteiger partial charge is 0.203 e. The van der Waals surface area contributed by atoms with Crippen molar-refractivity contribution >= 4 is 47.8 Å². The van der Waals surface area contributed by atoms with E-state index >= 15 is 0 Å². The molecule has 0 aliphatic heterocycles. The van der Waals surface area contributed by atoms with Gasteiger partial charge >= 0.3 is 0 Å². The molecule has 0 saturated carbocycles. The lowest BCUT2D eigenvalue weighted by Crippen LogP contribution is -2.09. The fraction of sp³-hybridized carbons (Fsp3) is 0.0769. The van der Waals surface area contributed by atoms with Gasteiger partial charge in [-0.25, -0.2) is 22.0 Å². The van der Waals surface area contributed by atoms with Gasteiger partial charge in [0.1, 0.15) is 0 Å². The summed E-state index contributed by atoms with van der Waals surface area (Å²) in [6.45, 7) is 0. The van der Waals surface area contributed by atoms with Gasteiger partial charge in [-0.3, -0.25) is 0 Å². The van der Waals surface area contributed by atoms with Gasteiger partial charge < -0.3 is 0 Å². The van der Waals surface area contributed by atoms with Crippen molar-refractivity contribution in [2.24, 2.45) is 0 Å². The van der Waals surface area contributed by atoms with Crippen molar-refractivity contribution in [3.05, 3.63) is 67.4 Å². The van der Waals surface area contributed by atoms with Gasteiger partial charge in [0, 0.05) is 14.5 Å². The maximum atomic E-state index is 13.8. The van der Waals surface area contributed by atoms with Crippen molar-refractivity contribution in [2.75, 3.05) is 0 Å². The fourth-order valence-corrected chi connectivity index (χ4v) is 3.65. The van der Waals surface area contributed by atoms with Crippen LogP contribution in [0.15, 0.2) is 27.1 Å². The molecule has 0 amide bonds. The summed E-state index contributed by atoms with van der Waals surface area (Å²) in [7, 11) is 0. The maximum absolute atomic E-state index is 13.8. The molecule has 0 spiro atoms. The zero-order chi connectivity index (χ0) is 15.9. The summed E-state index contributed by atoms with van der Waals surface area (Å²) in [5, 5.41) is 0. The van der Waals surface area contributed by atoms with Crippen molar-refractivity contribution in [3.8, 4) is 0 Å². The SMILES string of the molecule is Fc1c(F)c(F)c(C(Br)c2cc(Br)ccc2Br)c(F)c1F. The Kier molecular flexibility index (Phi) is 5.10. The minimum absolute atomic E-state index is 0.313. The third-order valence-electron chi connectivity index (χ3n) is 2.73. The van der Waals surface area contributed by atoms with Crippen molar-refractivity contribution in [1.29, 1.82) is 0 Å². The minimum Gasteiger partial charge on any atom is -0.203 e. The van der Waals surface area contributed by atoms with Gasteiger partial charge in [0.15, 0.2) is 23.3 Å². The summed E-state index contributed by atoms with van der Waals surface area (Å²) < 4.78 is 68.2. The Morgan fingerprint density at radius 3 is 1.76 bits per heavy atom. The molecule has 2 rings (SSSR count). The van der Waals surface area contributed by atoms with E-state index in [0.717, 1.165) is 0 Å². The van der Waals surface area contributed by atoms with Crippen LogP contribution in [0.2, 0.25) is 0 Å². The molecule has 0 nitrogen and oxygen atoms in total. The first-order chi connectivity index (χ1) is 9.75. The van der Waals surface area contributed by atoms with Gasteiger partial charge in [-0.15, -0.1) is 0 Å². The molecule has 2 aromatic carbocycles. The highest BCUT2D eigenvalue weighted by Gasteiger charge is 2.30. The van der Waals surface area contributed by atoms with Crippen LogP contribution in [0.5, 0.6) is 0 Å². The van der Waals surface area contributed by atoms with Crippen LogP contribution in [0.4, 0.5) is 22.0 Å². The molecule has 0 saturated heterocycles. The van der Waals surface area contributed by atoms with Crippen LogP contribution in [-0.2, 0) is 0 Å². The van der Waals surface area contributed by atoms with Gasteiger partial charge in [-0.2, -0.15) is 0 Å². The lowest BCUT2D eigenvalue weighted by Gasteiger charge is -2.16. The smallest absolute Gasteiger partial charge is 0.200 e. The summed E-state index contributed by atoms with van der Waals surface area (Å²) in [5.74, 6) is -9.85. The van der Waals surface area contributed by atoms with E-state index < -0.39 is 39.5 Å². The normalized spacial score (nSPS) is 12.6. The zero-order valence-electron chi connectivity index (χ0n) is 9.83. The molecule has 0 bridgehead atoms. The summed E-state index contributed by atoms with van der Waals surface area (Å²) in [4.78, 5) is -1.21. The lowest BCUT2D eigenvalue weighted by molar-refractivity contribution is 0.371. The predicted octanol–water partition coefficient (Wildman–Crippen LogP) is 6.39. The van der Waals surface area contributed by atoms with Crippen molar-refractivity contribution in [3.63, 3.8) is 0 Å². The van der Waals surface area contributed by atoms with Crippen molar-refractivity contribution < 1.29 is 22.0 Å². The van der Waals surface area contributed by atoms with E-state index in [-0.39, 0.29) is 0 Å². The first-order valence-electron chi connectivity index (χ1n) is 5.36. The van der Waals surface area contributed by atoms with Crippen LogP contribution >= 0.6 is 47.8 Å². The summed E-state index contributed by atoms with van der Waals surface area (Å²) >= 11 is 9.34. The molecule has 21 heavy (non-hydrogen) atoms. The molecule has 8 heteroatoms. The quantitative estimate of drug-likeness (QED) is 0.196. The van der Waals surface area contributed by atoms with Crippen LogP contribution in [0.25, 0.3) is 0 Å². The van der Waals surface area contributed by atoms with Crippen LogP contribution < -0.4 is 0 Å². The predicted molar refractivity (Wildman–Crippen MR) is 78.8 cm³/mol. The van der Waals surface area contributed by atoms with E-state index in [1.54, 1.807) is 12.1 Å². The second kappa shape index (κ2) is 6.34. The summed E-state index contributed by atoms with van der Waals surface area (Å²) in [5.41, 5.74) is -0.627. The van der Waals surface area contributed by atoms with Crippen LogP contribution in [0.1, 0.15) is 16.0 Å². The van der Waals surface area contributed by atoms with Gasteiger partial charge in [0.05, 0.1) is 4.83 Å².